The van der Waals surface area contributed by atoms with Crippen LogP contribution in [0.4, 0.5) is 0 Å². The van der Waals surface area contributed by atoms with Crippen molar-refractivity contribution in [1.82, 2.24) is 15.6 Å². The highest BCUT2D eigenvalue weighted by molar-refractivity contribution is 7.14. The second-order valence-corrected chi connectivity index (χ2v) is 10.1. The van der Waals surface area contributed by atoms with Gasteiger partial charge in [0, 0.05) is 17.5 Å². The van der Waals surface area contributed by atoms with Crippen molar-refractivity contribution in [2.24, 2.45) is 4.99 Å². The van der Waals surface area contributed by atoms with Gasteiger partial charge in [-0.25, -0.2) is 9.98 Å². The SMILES string of the molecule is C=C(/N=C(\C=C/C)c1sc(C2CCNCC2)nc1-c1cccc(C)c1)NC1CCCCC1. The summed E-state index contributed by atoms with van der Waals surface area (Å²) < 4.78 is 0. The van der Waals surface area contributed by atoms with Gasteiger partial charge in [-0.1, -0.05) is 55.7 Å². The first-order valence-corrected chi connectivity index (χ1v) is 12.9. The molecule has 2 aromatic rings. The van der Waals surface area contributed by atoms with E-state index in [4.69, 9.17) is 9.98 Å². The number of piperidine rings is 1. The average molecular weight is 449 g/mol. The highest BCUT2D eigenvalue weighted by atomic mass is 32.1. The summed E-state index contributed by atoms with van der Waals surface area (Å²) in [5.74, 6) is 1.28. The number of thiazole rings is 1. The number of aryl methyl sites for hydroxylation is 1. The van der Waals surface area contributed by atoms with Crippen molar-refractivity contribution < 1.29 is 0 Å². The number of aliphatic imine (C=N–C) groups is 1. The smallest absolute Gasteiger partial charge is 0.119 e. The van der Waals surface area contributed by atoms with E-state index in [1.807, 2.05) is 18.3 Å². The Morgan fingerprint density at radius 1 is 1.19 bits per heavy atom. The standard InChI is InChI=1S/C27H36N4S/c1-4-9-24(30-20(3)29-23-12-6-5-7-13-23)26-25(22-11-8-10-19(2)18-22)31-27(32-26)21-14-16-28-17-15-21/h4,8-11,18,21,23,28-29H,3,5-7,12-17H2,1-2H3/b9-4-,30-24+. The van der Waals surface area contributed by atoms with E-state index in [1.54, 1.807) is 0 Å². The van der Waals surface area contributed by atoms with Crippen LogP contribution in [0, 0.1) is 6.92 Å². The number of rotatable bonds is 7. The molecule has 2 aliphatic rings. The quantitative estimate of drug-likeness (QED) is 0.486. The zero-order chi connectivity index (χ0) is 22.3. The monoisotopic (exact) mass is 448 g/mol. The topological polar surface area (TPSA) is 49.3 Å². The van der Waals surface area contributed by atoms with E-state index in [0.717, 1.165) is 48.0 Å². The van der Waals surface area contributed by atoms with Gasteiger partial charge in [0.25, 0.3) is 0 Å². The molecular formula is C27H36N4S. The van der Waals surface area contributed by atoms with Crippen molar-refractivity contribution >= 4 is 17.0 Å². The van der Waals surface area contributed by atoms with E-state index in [9.17, 15) is 0 Å². The Morgan fingerprint density at radius 3 is 2.69 bits per heavy atom. The molecule has 1 aromatic carbocycles. The van der Waals surface area contributed by atoms with E-state index in [1.165, 1.54) is 48.2 Å². The number of aromatic nitrogens is 1. The van der Waals surface area contributed by atoms with Gasteiger partial charge in [0.05, 0.1) is 21.3 Å². The number of hydrogen-bond donors (Lipinski definition) is 2. The first-order chi connectivity index (χ1) is 15.6. The van der Waals surface area contributed by atoms with Gasteiger partial charge in [0.2, 0.25) is 0 Å². The normalized spacial score (nSPS) is 18.9. The summed E-state index contributed by atoms with van der Waals surface area (Å²) in [6, 6.07) is 9.15. The summed E-state index contributed by atoms with van der Waals surface area (Å²) >= 11 is 1.81. The molecule has 1 aliphatic heterocycles. The van der Waals surface area contributed by atoms with Crippen molar-refractivity contribution in [1.29, 1.82) is 0 Å². The molecule has 1 aromatic heterocycles. The molecule has 0 spiro atoms. The lowest BCUT2D eigenvalue weighted by Gasteiger charge is -2.23. The van der Waals surface area contributed by atoms with Gasteiger partial charge < -0.3 is 10.6 Å². The van der Waals surface area contributed by atoms with Crippen LogP contribution in [-0.2, 0) is 0 Å². The predicted octanol–water partition coefficient (Wildman–Crippen LogP) is 6.34. The Kier molecular flexibility index (Phi) is 7.93. The largest absolute Gasteiger partial charge is 0.368 e. The van der Waals surface area contributed by atoms with Crippen molar-refractivity contribution in [3.05, 3.63) is 64.3 Å². The van der Waals surface area contributed by atoms with Crippen LogP contribution < -0.4 is 10.6 Å². The van der Waals surface area contributed by atoms with Crippen LogP contribution in [0.25, 0.3) is 11.3 Å². The summed E-state index contributed by atoms with van der Waals surface area (Å²) in [7, 11) is 0. The molecule has 4 nitrogen and oxygen atoms in total. The lowest BCUT2D eigenvalue weighted by molar-refractivity contribution is 0.396. The molecule has 170 valence electrons. The average Bonchev–Trinajstić information content (AvgIpc) is 3.26. The third-order valence-electron chi connectivity index (χ3n) is 6.41. The van der Waals surface area contributed by atoms with Gasteiger partial charge in [0.1, 0.15) is 5.82 Å². The first kappa shape index (κ1) is 22.9. The fourth-order valence-corrected chi connectivity index (χ4v) is 5.95. The molecule has 1 aliphatic carbocycles. The molecule has 5 heteroatoms. The Balaban J connectivity index is 1.70. The summed E-state index contributed by atoms with van der Waals surface area (Å²) in [6.07, 6.45) is 12.8. The molecule has 1 saturated heterocycles. The number of benzene rings is 1. The maximum Gasteiger partial charge on any atom is 0.119 e. The zero-order valence-corrected chi connectivity index (χ0v) is 20.3. The number of nitrogens with one attached hydrogen (secondary N) is 2. The maximum atomic E-state index is 5.20. The third-order valence-corrected chi connectivity index (χ3v) is 7.65. The van der Waals surface area contributed by atoms with Crippen LogP contribution >= 0.6 is 11.3 Å². The van der Waals surface area contributed by atoms with Crippen LogP contribution in [0.5, 0.6) is 0 Å². The highest BCUT2D eigenvalue weighted by Gasteiger charge is 2.24. The maximum absolute atomic E-state index is 5.20. The molecule has 0 amide bonds. The van der Waals surface area contributed by atoms with E-state index < -0.39 is 0 Å². The van der Waals surface area contributed by atoms with Crippen LogP contribution in [-0.4, -0.2) is 29.8 Å². The van der Waals surface area contributed by atoms with Crippen molar-refractivity contribution in [2.45, 2.75) is 70.8 Å². The molecule has 0 bridgehead atoms. The van der Waals surface area contributed by atoms with Crippen molar-refractivity contribution in [2.75, 3.05) is 13.1 Å². The van der Waals surface area contributed by atoms with E-state index >= 15 is 0 Å². The van der Waals surface area contributed by atoms with E-state index in [2.05, 4.69) is 60.6 Å². The minimum atomic E-state index is 0.495. The fourth-order valence-electron chi connectivity index (χ4n) is 4.72. The molecule has 1 saturated carbocycles. The Labute approximate surface area is 197 Å². The van der Waals surface area contributed by atoms with Crippen molar-refractivity contribution in [3.63, 3.8) is 0 Å². The van der Waals surface area contributed by atoms with Crippen LogP contribution in [0.3, 0.4) is 0 Å². The molecule has 2 fully saturated rings. The molecular weight excluding hydrogens is 412 g/mol. The molecule has 2 N–H and O–H groups in total. The summed E-state index contributed by atoms with van der Waals surface area (Å²) in [4.78, 5) is 11.3. The van der Waals surface area contributed by atoms with Gasteiger partial charge in [-0.05, 0) is 64.8 Å². The highest BCUT2D eigenvalue weighted by Crippen LogP contribution is 2.36. The third kappa shape index (κ3) is 5.76. The second-order valence-electron chi connectivity index (χ2n) is 9.05. The molecule has 0 atom stereocenters. The summed E-state index contributed by atoms with van der Waals surface area (Å²) in [6.45, 7) is 10.6. The first-order valence-electron chi connectivity index (χ1n) is 12.1. The van der Waals surface area contributed by atoms with Gasteiger partial charge in [-0.3, -0.25) is 0 Å². The minimum Gasteiger partial charge on any atom is -0.368 e. The van der Waals surface area contributed by atoms with Crippen LogP contribution in [0.15, 0.2) is 53.8 Å². The van der Waals surface area contributed by atoms with Crippen molar-refractivity contribution in [3.8, 4) is 11.3 Å². The lowest BCUT2D eigenvalue weighted by Crippen LogP contribution is -2.29. The number of allylic oxidation sites excluding steroid dienone is 2. The molecule has 0 unspecified atom stereocenters. The second kappa shape index (κ2) is 11.1. The number of hydrogen-bond acceptors (Lipinski definition) is 5. The van der Waals surface area contributed by atoms with Gasteiger partial charge in [-0.2, -0.15) is 0 Å². The molecule has 2 heterocycles. The molecule has 0 radical (unpaired) electrons. The Morgan fingerprint density at radius 2 is 1.97 bits per heavy atom. The summed E-state index contributed by atoms with van der Waals surface area (Å²) in [5.41, 5.74) is 4.42. The van der Waals surface area contributed by atoms with Crippen LogP contribution in [0.1, 0.15) is 73.2 Å². The Bertz CT molecular complexity index is 975. The number of nitrogens with zero attached hydrogens (tertiary/aromatic N) is 2. The minimum absolute atomic E-state index is 0.495. The zero-order valence-electron chi connectivity index (χ0n) is 19.5. The van der Waals surface area contributed by atoms with E-state index in [-0.39, 0.29) is 0 Å². The molecule has 32 heavy (non-hydrogen) atoms. The Hall–Kier alpha value is -2.24. The van der Waals surface area contributed by atoms with Gasteiger partial charge >= 0.3 is 0 Å². The van der Waals surface area contributed by atoms with Gasteiger partial charge in [-0.15, -0.1) is 11.3 Å². The van der Waals surface area contributed by atoms with Crippen LogP contribution in [0.2, 0.25) is 0 Å². The van der Waals surface area contributed by atoms with E-state index in [0.29, 0.717) is 12.0 Å². The molecule has 4 rings (SSSR count). The van der Waals surface area contributed by atoms with Gasteiger partial charge in [0.15, 0.2) is 0 Å². The fraction of sp³-hybridized carbons (Fsp3) is 0.481. The predicted molar refractivity (Wildman–Crippen MR) is 138 cm³/mol. The summed E-state index contributed by atoms with van der Waals surface area (Å²) in [5, 5.41) is 8.29. The lowest BCUT2D eigenvalue weighted by atomic mass is 9.96.